The molecule has 2 rings (SSSR count). The molecule has 3 amide bonds. The third kappa shape index (κ3) is 8.95. The first-order valence-electron chi connectivity index (χ1n) is 12.6. The lowest BCUT2D eigenvalue weighted by atomic mass is 10.0. The first-order valence-corrected chi connectivity index (χ1v) is 12.6. The van der Waals surface area contributed by atoms with E-state index in [1.54, 1.807) is 63.2 Å². The van der Waals surface area contributed by atoms with Gasteiger partial charge in [0.2, 0.25) is 5.91 Å². The monoisotopic (exact) mass is 529 g/mol. The summed E-state index contributed by atoms with van der Waals surface area (Å²) in [5.74, 6) is -0.824. The maximum Gasteiger partial charge on any atom is 0.408 e. The number of benzene rings is 2. The highest BCUT2D eigenvalue weighted by Gasteiger charge is 2.37. The van der Waals surface area contributed by atoms with Crippen molar-refractivity contribution < 1.29 is 34.1 Å². The van der Waals surface area contributed by atoms with E-state index in [1.165, 1.54) is 18.1 Å². The van der Waals surface area contributed by atoms with E-state index in [0.717, 1.165) is 12.8 Å². The molecule has 10 heteroatoms. The molecule has 10 nitrogen and oxygen atoms in total. The Balaban J connectivity index is 2.47. The van der Waals surface area contributed by atoms with Crippen LogP contribution in [0.5, 0.6) is 11.5 Å². The van der Waals surface area contributed by atoms with Crippen LogP contribution in [-0.4, -0.2) is 64.9 Å². The zero-order valence-electron chi connectivity index (χ0n) is 22.7. The summed E-state index contributed by atoms with van der Waals surface area (Å²) in [4.78, 5) is 41.1. The van der Waals surface area contributed by atoms with Crippen LogP contribution < -0.4 is 15.4 Å². The zero-order chi connectivity index (χ0) is 28.3. The van der Waals surface area contributed by atoms with Crippen LogP contribution >= 0.6 is 0 Å². The van der Waals surface area contributed by atoms with Crippen LogP contribution in [-0.2, 0) is 14.3 Å². The van der Waals surface area contributed by atoms with Crippen LogP contribution in [0.15, 0.2) is 48.5 Å². The molecule has 0 radical (unpaired) electrons. The van der Waals surface area contributed by atoms with Crippen molar-refractivity contribution in [1.82, 2.24) is 10.2 Å². The van der Waals surface area contributed by atoms with E-state index < -0.39 is 42.2 Å². The van der Waals surface area contributed by atoms with Gasteiger partial charge in [-0.2, -0.15) is 0 Å². The number of rotatable bonds is 12. The number of ether oxygens (including phenoxy) is 2. The van der Waals surface area contributed by atoms with Crippen LogP contribution in [0, 0.1) is 0 Å². The van der Waals surface area contributed by atoms with E-state index in [2.05, 4.69) is 10.6 Å². The number of hydrogen-bond donors (Lipinski definition) is 4. The molecule has 0 aliphatic rings. The SMILES string of the molecule is CCCCCN(C(=O)C(CO)NC(=O)OC(C)(C)C)C(C(=O)Nc1ccc(OC)cc1)c1ccccc1O. The molecule has 2 unspecified atom stereocenters. The molecule has 0 heterocycles. The molecule has 0 fully saturated rings. The van der Waals surface area contributed by atoms with Gasteiger partial charge in [-0.15, -0.1) is 0 Å². The summed E-state index contributed by atoms with van der Waals surface area (Å²) in [6, 6.07) is 10.3. The molecule has 0 saturated carbocycles. The fourth-order valence-electron chi connectivity index (χ4n) is 3.79. The average molecular weight is 530 g/mol. The van der Waals surface area contributed by atoms with Crippen molar-refractivity contribution in [3.05, 3.63) is 54.1 Å². The van der Waals surface area contributed by atoms with Gasteiger partial charge in [-0.3, -0.25) is 9.59 Å². The number of methoxy groups -OCH3 is 1. The molecule has 2 aromatic rings. The predicted molar refractivity (Wildman–Crippen MR) is 144 cm³/mol. The minimum Gasteiger partial charge on any atom is -0.508 e. The molecule has 0 aliphatic carbocycles. The highest BCUT2D eigenvalue weighted by atomic mass is 16.6. The van der Waals surface area contributed by atoms with Gasteiger partial charge in [0.15, 0.2) is 0 Å². The summed E-state index contributed by atoms with van der Waals surface area (Å²) in [5.41, 5.74) is -0.148. The van der Waals surface area contributed by atoms with Crippen molar-refractivity contribution in [2.24, 2.45) is 0 Å². The van der Waals surface area contributed by atoms with Gasteiger partial charge in [-0.25, -0.2) is 4.79 Å². The topological polar surface area (TPSA) is 137 Å². The first-order chi connectivity index (χ1) is 18.0. The number of aliphatic hydroxyl groups is 1. The number of anilines is 1. The van der Waals surface area contributed by atoms with Gasteiger partial charge in [0.1, 0.15) is 29.2 Å². The van der Waals surface area contributed by atoms with E-state index in [-0.39, 0.29) is 17.9 Å². The van der Waals surface area contributed by atoms with Crippen LogP contribution in [0.4, 0.5) is 10.5 Å². The Kier molecular flexibility index (Phi) is 11.4. The Morgan fingerprint density at radius 2 is 1.68 bits per heavy atom. The summed E-state index contributed by atoms with van der Waals surface area (Å²) in [5, 5.41) is 25.9. The van der Waals surface area contributed by atoms with Crippen molar-refractivity contribution in [2.45, 2.75) is 64.6 Å². The first kappa shape index (κ1) is 30.4. The smallest absolute Gasteiger partial charge is 0.408 e. The fraction of sp³-hybridized carbons (Fsp3) is 0.464. The van der Waals surface area contributed by atoms with Gasteiger partial charge >= 0.3 is 6.09 Å². The van der Waals surface area contributed by atoms with Crippen LogP contribution in [0.3, 0.4) is 0 Å². The van der Waals surface area contributed by atoms with Crippen molar-refractivity contribution in [3.63, 3.8) is 0 Å². The summed E-state index contributed by atoms with van der Waals surface area (Å²) in [6.07, 6.45) is 1.33. The minimum absolute atomic E-state index is 0.147. The molecule has 4 N–H and O–H groups in total. The van der Waals surface area contributed by atoms with Crippen LogP contribution in [0.1, 0.15) is 58.6 Å². The van der Waals surface area contributed by atoms with Gasteiger partial charge in [-0.05, 0) is 57.5 Å². The molecule has 208 valence electrons. The van der Waals surface area contributed by atoms with Gasteiger partial charge in [0.05, 0.1) is 13.7 Å². The third-order valence-corrected chi connectivity index (χ3v) is 5.61. The molecule has 0 saturated heterocycles. The van der Waals surface area contributed by atoms with Crippen molar-refractivity contribution in [2.75, 3.05) is 25.6 Å². The number of phenolic OH excluding ortho intramolecular Hbond substituents is 1. The molecular formula is C28H39N3O7. The minimum atomic E-state index is -1.37. The van der Waals surface area contributed by atoms with E-state index in [4.69, 9.17) is 9.47 Å². The van der Waals surface area contributed by atoms with Crippen molar-refractivity contribution >= 4 is 23.6 Å². The number of amides is 3. The van der Waals surface area contributed by atoms with Gasteiger partial charge < -0.3 is 35.2 Å². The largest absolute Gasteiger partial charge is 0.508 e. The van der Waals surface area contributed by atoms with Crippen molar-refractivity contribution in [1.29, 1.82) is 0 Å². The summed E-state index contributed by atoms with van der Waals surface area (Å²) in [6.45, 7) is 6.47. The number of phenols is 1. The second-order valence-electron chi connectivity index (χ2n) is 9.80. The predicted octanol–water partition coefficient (Wildman–Crippen LogP) is 3.99. The summed E-state index contributed by atoms with van der Waals surface area (Å²) < 4.78 is 10.4. The number of nitrogens with zero attached hydrogens (tertiary/aromatic N) is 1. The molecule has 2 atom stereocenters. The highest BCUT2D eigenvalue weighted by Crippen LogP contribution is 2.31. The van der Waals surface area contributed by atoms with Crippen LogP contribution in [0.2, 0.25) is 0 Å². The van der Waals surface area contributed by atoms with Gasteiger partial charge in [-0.1, -0.05) is 38.0 Å². The number of carbonyl (C=O) groups is 3. The number of carbonyl (C=O) groups excluding carboxylic acids is 3. The molecule has 2 aromatic carbocycles. The lowest BCUT2D eigenvalue weighted by molar-refractivity contribution is -0.141. The number of nitrogens with one attached hydrogen (secondary N) is 2. The Bertz CT molecular complexity index is 1070. The average Bonchev–Trinajstić information content (AvgIpc) is 2.86. The molecule has 0 bridgehead atoms. The Hall–Kier alpha value is -3.79. The second-order valence-corrected chi connectivity index (χ2v) is 9.80. The van der Waals surface area contributed by atoms with Gasteiger partial charge in [0.25, 0.3) is 5.91 Å². The number of alkyl carbamates (subject to hydrolysis) is 1. The van der Waals surface area contributed by atoms with E-state index in [0.29, 0.717) is 17.9 Å². The quantitative estimate of drug-likeness (QED) is 0.305. The number of aliphatic hydroxyl groups excluding tert-OH is 1. The molecule has 38 heavy (non-hydrogen) atoms. The number of unbranched alkanes of at least 4 members (excludes halogenated alkanes) is 2. The maximum atomic E-state index is 13.8. The van der Waals surface area contributed by atoms with E-state index in [9.17, 15) is 24.6 Å². The fourth-order valence-corrected chi connectivity index (χ4v) is 3.79. The molecule has 0 aromatic heterocycles. The number of para-hydroxylation sites is 1. The van der Waals surface area contributed by atoms with E-state index >= 15 is 0 Å². The van der Waals surface area contributed by atoms with Gasteiger partial charge in [0, 0.05) is 17.8 Å². The highest BCUT2D eigenvalue weighted by molar-refractivity contribution is 5.99. The summed E-state index contributed by atoms with van der Waals surface area (Å²) >= 11 is 0. The maximum absolute atomic E-state index is 13.8. The Morgan fingerprint density at radius 1 is 1.03 bits per heavy atom. The summed E-state index contributed by atoms with van der Waals surface area (Å²) in [7, 11) is 1.53. The van der Waals surface area contributed by atoms with E-state index in [1.807, 2.05) is 6.92 Å². The molecular weight excluding hydrogens is 490 g/mol. The number of aromatic hydroxyl groups is 1. The molecule has 0 aliphatic heterocycles. The zero-order valence-corrected chi connectivity index (χ0v) is 22.7. The second kappa shape index (κ2) is 14.2. The lowest BCUT2D eigenvalue weighted by Gasteiger charge is -2.34. The third-order valence-electron chi connectivity index (χ3n) is 5.61. The molecule has 0 spiro atoms. The van der Waals surface area contributed by atoms with Crippen LogP contribution in [0.25, 0.3) is 0 Å². The lowest BCUT2D eigenvalue weighted by Crippen LogP contribution is -2.54. The number of hydrogen-bond acceptors (Lipinski definition) is 7. The Morgan fingerprint density at radius 3 is 2.24 bits per heavy atom. The Labute approximate surface area is 223 Å². The van der Waals surface area contributed by atoms with Crippen molar-refractivity contribution in [3.8, 4) is 11.5 Å². The normalized spacial score (nSPS) is 12.7. The standard InChI is InChI=1S/C28H39N3O7/c1-6-7-10-17-31(26(35)22(18-32)30-27(36)38-28(2,3)4)24(21-11-8-9-12-23(21)33)25(34)29-19-13-15-20(37-5)16-14-19/h8-9,11-16,22,24,32-33H,6-7,10,17-18H2,1-5H3,(H,29,34)(H,30,36).